The third-order valence-electron chi connectivity index (χ3n) is 18.8. The van der Waals surface area contributed by atoms with Gasteiger partial charge in [0, 0.05) is 81.1 Å². The first-order valence-electron chi connectivity index (χ1n) is 30.3. The molecule has 8 heteroatoms. The van der Waals surface area contributed by atoms with Gasteiger partial charge in [-0.3, -0.25) is 0 Å². The van der Waals surface area contributed by atoms with Crippen molar-refractivity contribution < 1.29 is 9.47 Å². The molecule has 418 valence electrons. The maximum absolute atomic E-state index is 7.32. The van der Waals surface area contributed by atoms with E-state index in [1.165, 1.54) is 100 Å². The molecule has 0 aromatic heterocycles. The lowest BCUT2D eigenvalue weighted by Crippen LogP contribution is -2.65. The third-order valence-corrected chi connectivity index (χ3v) is 18.8. The van der Waals surface area contributed by atoms with Crippen LogP contribution in [0.4, 0.5) is 68.2 Å². The molecule has 0 unspecified atom stereocenters. The third kappa shape index (κ3) is 8.09. The fraction of sp³-hybridized carbons (Fsp3) is 0.154. The van der Waals surface area contributed by atoms with Gasteiger partial charge in [0.2, 0.25) is 0 Å². The molecule has 0 bridgehead atoms. The van der Waals surface area contributed by atoms with Crippen LogP contribution in [-0.4, -0.2) is 13.4 Å². The fourth-order valence-electron chi connectivity index (χ4n) is 14.9. The average Bonchev–Trinajstić information content (AvgIpc) is 0.695. The number of hydrogen-bond donors (Lipinski definition) is 0. The molecule has 4 aliphatic rings. The number of para-hydroxylation sites is 6. The molecule has 0 atom stereocenters. The largest absolute Gasteiger partial charge is 0.457 e. The number of rotatable bonds is 8. The molecule has 0 saturated carbocycles. The number of ether oxygens (including phenoxy) is 2. The quantitative estimate of drug-likeness (QED) is 0.141. The minimum atomic E-state index is -0.168. The normalized spacial score (nSPS) is 13.2. The SMILES string of the molecule is Cc1ccc2c(c1)N(c1c(C)cccc1C)c1cc(Oc3c(C)cccc3C)cc3c1B2c1cc2c(cc1N3c1ccccc1C)N(c1ccccc1C)c1cc(Oc3c(C)cccc3C)cc3c1B2c1ccc(C)cc1N3c1c(C)cccc1C. The number of nitrogens with zero attached hydrogens (tertiary/aromatic N) is 4. The van der Waals surface area contributed by atoms with E-state index in [1.54, 1.807) is 0 Å². The van der Waals surface area contributed by atoms with Gasteiger partial charge in [0.1, 0.15) is 23.0 Å². The molecule has 0 amide bonds. The van der Waals surface area contributed by atoms with Crippen molar-refractivity contribution in [2.24, 2.45) is 0 Å². The average molecular weight is 1120 g/mol. The van der Waals surface area contributed by atoms with Crippen molar-refractivity contribution in [3.8, 4) is 23.0 Å². The van der Waals surface area contributed by atoms with Crippen LogP contribution >= 0.6 is 0 Å². The maximum Gasteiger partial charge on any atom is 0.252 e. The molecule has 86 heavy (non-hydrogen) atoms. The molecule has 4 aliphatic heterocycles. The maximum atomic E-state index is 7.32. The van der Waals surface area contributed by atoms with Gasteiger partial charge in [0.25, 0.3) is 13.4 Å². The second-order valence-corrected chi connectivity index (χ2v) is 24.8. The van der Waals surface area contributed by atoms with Crippen molar-refractivity contribution in [1.29, 1.82) is 0 Å². The van der Waals surface area contributed by atoms with E-state index in [0.717, 1.165) is 90.8 Å². The second-order valence-electron chi connectivity index (χ2n) is 24.8. The first-order chi connectivity index (χ1) is 41.6. The lowest BCUT2D eigenvalue weighted by Gasteiger charge is -2.48. The Labute approximate surface area is 507 Å². The summed E-state index contributed by atoms with van der Waals surface area (Å²) in [4.78, 5) is 10.2. The highest BCUT2D eigenvalue weighted by atomic mass is 16.5. The topological polar surface area (TPSA) is 31.4 Å². The fourth-order valence-corrected chi connectivity index (χ4v) is 14.9. The molecule has 4 heterocycles. The van der Waals surface area contributed by atoms with Gasteiger partial charge in [-0.2, -0.15) is 0 Å². The molecular weight excluding hydrogens is 1050 g/mol. The summed E-state index contributed by atoms with van der Waals surface area (Å²) < 4.78 is 14.6. The highest BCUT2D eigenvalue weighted by Gasteiger charge is 2.49. The summed E-state index contributed by atoms with van der Waals surface area (Å²) in [6.45, 7) is 26.2. The minimum Gasteiger partial charge on any atom is -0.457 e. The van der Waals surface area contributed by atoms with Gasteiger partial charge in [0.15, 0.2) is 0 Å². The van der Waals surface area contributed by atoms with Crippen LogP contribution < -0.4 is 61.9 Å². The Morgan fingerprint density at radius 1 is 0.244 bits per heavy atom. The van der Waals surface area contributed by atoms with Gasteiger partial charge in [-0.1, -0.05) is 140 Å². The molecule has 15 rings (SSSR count). The van der Waals surface area contributed by atoms with E-state index in [1.807, 2.05) is 0 Å². The Bertz CT molecular complexity index is 4330. The van der Waals surface area contributed by atoms with E-state index in [4.69, 9.17) is 9.47 Å². The van der Waals surface area contributed by atoms with Gasteiger partial charge in [0.05, 0.1) is 11.4 Å². The molecule has 0 aliphatic carbocycles. The summed E-state index contributed by atoms with van der Waals surface area (Å²) in [7, 11) is 0. The number of anilines is 12. The number of fused-ring (bicyclic) bond motifs is 8. The number of benzene rings is 11. The molecule has 0 spiro atoms. The second kappa shape index (κ2) is 20.0. The van der Waals surface area contributed by atoms with Crippen LogP contribution in [0.3, 0.4) is 0 Å². The zero-order valence-electron chi connectivity index (χ0n) is 51.2. The van der Waals surface area contributed by atoms with Crippen LogP contribution in [0.25, 0.3) is 0 Å². The Kier molecular flexibility index (Phi) is 12.3. The smallest absolute Gasteiger partial charge is 0.252 e. The van der Waals surface area contributed by atoms with E-state index in [2.05, 4.69) is 297 Å². The highest BCUT2D eigenvalue weighted by Crippen LogP contribution is 2.53. The number of aryl methyl sites for hydroxylation is 12. The summed E-state index contributed by atoms with van der Waals surface area (Å²) in [5.41, 5.74) is 35.1. The minimum absolute atomic E-state index is 0.168. The molecule has 11 aromatic carbocycles. The monoisotopic (exact) mass is 1110 g/mol. The Morgan fingerprint density at radius 2 is 0.558 bits per heavy atom. The van der Waals surface area contributed by atoms with Crippen LogP contribution in [0.2, 0.25) is 0 Å². The van der Waals surface area contributed by atoms with Crippen LogP contribution in [0, 0.1) is 83.1 Å². The van der Waals surface area contributed by atoms with Crippen molar-refractivity contribution in [2.45, 2.75) is 83.1 Å². The summed E-state index contributed by atoms with van der Waals surface area (Å²) in [5, 5.41) is 0. The van der Waals surface area contributed by atoms with E-state index in [0.29, 0.717) is 0 Å². The van der Waals surface area contributed by atoms with Crippen molar-refractivity contribution >= 4 is 114 Å². The van der Waals surface area contributed by atoms with Gasteiger partial charge in [-0.25, -0.2) is 0 Å². The highest BCUT2D eigenvalue weighted by molar-refractivity contribution is 7.03. The predicted molar refractivity (Wildman–Crippen MR) is 364 cm³/mol. The molecule has 0 fully saturated rings. The van der Waals surface area contributed by atoms with Gasteiger partial charge in [-0.15, -0.1) is 0 Å². The van der Waals surface area contributed by atoms with E-state index in [-0.39, 0.29) is 13.4 Å². The van der Waals surface area contributed by atoms with E-state index in [9.17, 15) is 0 Å². The molecule has 6 nitrogen and oxygen atoms in total. The lowest BCUT2D eigenvalue weighted by molar-refractivity contribution is 0.475. The summed E-state index contributed by atoms with van der Waals surface area (Å²) >= 11 is 0. The first-order valence-corrected chi connectivity index (χ1v) is 30.3. The van der Waals surface area contributed by atoms with E-state index >= 15 is 0 Å². The summed E-state index contributed by atoms with van der Waals surface area (Å²) in [6.07, 6.45) is 0. The molecule has 0 radical (unpaired) electrons. The molecule has 0 saturated heterocycles. The Hall–Kier alpha value is -9.65. The molecular formula is C78H68B2N4O2. The predicted octanol–water partition coefficient (Wildman–Crippen LogP) is 17.1. The lowest BCUT2D eigenvalue weighted by atomic mass is 9.30. The van der Waals surface area contributed by atoms with Gasteiger partial charge < -0.3 is 29.1 Å². The van der Waals surface area contributed by atoms with E-state index < -0.39 is 0 Å². The zero-order valence-corrected chi connectivity index (χ0v) is 51.2. The van der Waals surface area contributed by atoms with Crippen LogP contribution in [0.5, 0.6) is 23.0 Å². The number of hydrogen-bond acceptors (Lipinski definition) is 6. The standard InChI is InChI=1S/C78H68B2N4O2/c1-45-33-35-59-65(37-45)83(75-49(5)23-17-24-50(75)6)71-41-57(85-77-53(9)27-19-28-54(77)10)39-69-73(71)79(59)61-43-62-68(44-67(61)81(69)63-31-15-13-21-47(63)3)82(64-32-16-14-22-48(64)4)70-40-58(86-78-55(11)29-20-30-56(78)12)42-72-74(70)80(62)60-36-34-46(2)38-66(60)84(72)76-51(7)25-18-26-52(76)8/h13-44H,1-12H3. The van der Waals surface area contributed by atoms with Crippen molar-refractivity contribution in [3.63, 3.8) is 0 Å². The van der Waals surface area contributed by atoms with Crippen molar-refractivity contribution in [1.82, 2.24) is 0 Å². The summed E-state index contributed by atoms with van der Waals surface area (Å²) in [5.74, 6) is 3.32. The van der Waals surface area contributed by atoms with Crippen LogP contribution in [0.15, 0.2) is 194 Å². The van der Waals surface area contributed by atoms with Crippen LogP contribution in [0.1, 0.15) is 66.8 Å². The van der Waals surface area contributed by atoms with Crippen molar-refractivity contribution in [3.05, 3.63) is 261 Å². The first kappa shape index (κ1) is 53.1. The summed E-state index contributed by atoms with van der Waals surface area (Å²) in [6, 6.07) is 72.8. The molecule has 0 N–H and O–H groups in total. The molecule has 11 aromatic rings. The zero-order chi connectivity index (χ0) is 59.1. The van der Waals surface area contributed by atoms with Gasteiger partial charge in [-0.05, 0) is 213 Å². The van der Waals surface area contributed by atoms with Crippen molar-refractivity contribution in [2.75, 3.05) is 19.6 Å². The Balaban J connectivity index is 1.09. The van der Waals surface area contributed by atoms with Crippen LogP contribution in [-0.2, 0) is 0 Å². The van der Waals surface area contributed by atoms with Gasteiger partial charge >= 0.3 is 0 Å². The Morgan fingerprint density at radius 3 is 0.919 bits per heavy atom.